The molecule has 0 aliphatic carbocycles. The van der Waals surface area contributed by atoms with Crippen LogP contribution in [-0.2, 0) is 16.6 Å². The normalized spacial score (nSPS) is 11.8. The largest absolute Gasteiger partial charge is 0.316 e. The Morgan fingerprint density at radius 3 is 2.50 bits per heavy atom. The summed E-state index contributed by atoms with van der Waals surface area (Å²) in [6.07, 6.45) is 0.716. The molecular formula is C11H16Cl2N2O2S. The zero-order valence-corrected chi connectivity index (χ0v) is 12.6. The van der Waals surface area contributed by atoms with Crippen molar-refractivity contribution in [2.24, 2.45) is 0 Å². The van der Waals surface area contributed by atoms with E-state index in [1.54, 1.807) is 13.1 Å². The molecule has 102 valence electrons. The van der Waals surface area contributed by atoms with Gasteiger partial charge in [-0.2, -0.15) is 0 Å². The van der Waals surface area contributed by atoms with Gasteiger partial charge in [-0.3, -0.25) is 0 Å². The van der Waals surface area contributed by atoms with Crippen LogP contribution in [-0.4, -0.2) is 22.0 Å². The Morgan fingerprint density at radius 1 is 1.28 bits per heavy atom. The van der Waals surface area contributed by atoms with E-state index >= 15 is 0 Å². The van der Waals surface area contributed by atoms with E-state index in [1.165, 1.54) is 6.07 Å². The molecule has 0 aliphatic heterocycles. The zero-order valence-electron chi connectivity index (χ0n) is 10.3. The van der Waals surface area contributed by atoms with Crippen molar-refractivity contribution in [3.63, 3.8) is 0 Å². The summed E-state index contributed by atoms with van der Waals surface area (Å²) in [6.45, 7) is 2.68. The van der Waals surface area contributed by atoms with E-state index in [0.29, 0.717) is 30.1 Å². The molecule has 0 aromatic heterocycles. The second-order valence-electron chi connectivity index (χ2n) is 3.77. The molecule has 0 radical (unpaired) electrons. The van der Waals surface area contributed by atoms with Crippen LogP contribution in [0.1, 0.15) is 18.9 Å². The molecule has 7 heteroatoms. The summed E-state index contributed by atoms with van der Waals surface area (Å²) in [5.74, 6) is 0. The molecule has 18 heavy (non-hydrogen) atoms. The van der Waals surface area contributed by atoms with E-state index in [9.17, 15) is 8.42 Å². The number of benzene rings is 1. The summed E-state index contributed by atoms with van der Waals surface area (Å²) in [5.41, 5.74) is 0.584. The number of halogens is 2. The van der Waals surface area contributed by atoms with Gasteiger partial charge in [0, 0.05) is 23.7 Å². The topological polar surface area (TPSA) is 58.2 Å². The van der Waals surface area contributed by atoms with Crippen molar-refractivity contribution in [1.29, 1.82) is 0 Å². The van der Waals surface area contributed by atoms with Crippen LogP contribution in [0.25, 0.3) is 0 Å². The maximum Gasteiger partial charge on any atom is 0.242 e. The van der Waals surface area contributed by atoms with E-state index in [2.05, 4.69) is 10.0 Å². The SMILES string of the molecule is CCCNS(=O)(=O)c1ccc(Cl)c(CNC)c1Cl. The molecule has 0 heterocycles. The monoisotopic (exact) mass is 310 g/mol. The third kappa shape index (κ3) is 3.59. The average Bonchev–Trinajstić information content (AvgIpc) is 2.31. The highest BCUT2D eigenvalue weighted by Crippen LogP contribution is 2.30. The maximum atomic E-state index is 12.0. The fourth-order valence-electron chi connectivity index (χ4n) is 1.44. The lowest BCUT2D eigenvalue weighted by atomic mass is 10.2. The molecule has 2 N–H and O–H groups in total. The smallest absolute Gasteiger partial charge is 0.242 e. The lowest BCUT2D eigenvalue weighted by Gasteiger charge is -2.12. The molecule has 4 nitrogen and oxygen atoms in total. The highest BCUT2D eigenvalue weighted by Gasteiger charge is 2.20. The summed E-state index contributed by atoms with van der Waals surface area (Å²) in [4.78, 5) is 0.0623. The van der Waals surface area contributed by atoms with Gasteiger partial charge in [0.15, 0.2) is 0 Å². The van der Waals surface area contributed by atoms with E-state index in [4.69, 9.17) is 23.2 Å². The van der Waals surface area contributed by atoms with Gasteiger partial charge in [0.05, 0.1) is 5.02 Å². The van der Waals surface area contributed by atoms with Gasteiger partial charge in [-0.15, -0.1) is 0 Å². The van der Waals surface area contributed by atoms with Crippen molar-refractivity contribution < 1.29 is 8.42 Å². The molecular weight excluding hydrogens is 295 g/mol. The van der Waals surface area contributed by atoms with Crippen molar-refractivity contribution in [1.82, 2.24) is 10.0 Å². The number of rotatable bonds is 6. The quantitative estimate of drug-likeness (QED) is 0.848. The Kier molecular flexibility index (Phi) is 5.88. The van der Waals surface area contributed by atoms with Crippen molar-refractivity contribution in [2.75, 3.05) is 13.6 Å². The van der Waals surface area contributed by atoms with E-state index in [-0.39, 0.29) is 9.92 Å². The van der Waals surface area contributed by atoms with Gasteiger partial charge < -0.3 is 5.32 Å². The van der Waals surface area contributed by atoms with Crippen LogP contribution >= 0.6 is 23.2 Å². The molecule has 1 aromatic rings. The molecule has 1 rings (SSSR count). The van der Waals surface area contributed by atoms with Gasteiger partial charge in [-0.25, -0.2) is 13.1 Å². The Labute approximate surface area is 118 Å². The minimum Gasteiger partial charge on any atom is -0.316 e. The lowest BCUT2D eigenvalue weighted by Crippen LogP contribution is -2.25. The fourth-order valence-corrected chi connectivity index (χ4v) is 3.48. The van der Waals surface area contributed by atoms with Gasteiger partial charge in [-0.1, -0.05) is 30.1 Å². The minimum atomic E-state index is -3.58. The van der Waals surface area contributed by atoms with Gasteiger partial charge in [0.25, 0.3) is 0 Å². The first-order valence-corrected chi connectivity index (χ1v) is 7.79. The van der Waals surface area contributed by atoms with Crippen LogP contribution in [0.2, 0.25) is 10.0 Å². The molecule has 1 aromatic carbocycles. The molecule has 0 bridgehead atoms. The summed E-state index contributed by atoms with van der Waals surface area (Å²) in [6, 6.07) is 2.96. The first-order chi connectivity index (χ1) is 8.44. The molecule has 0 amide bonds. The molecule has 0 atom stereocenters. The summed E-state index contributed by atoms with van der Waals surface area (Å²) < 4.78 is 26.5. The maximum absolute atomic E-state index is 12.0. The highest BCUT2D eigenvalue weighted by atomic mass is 35.5. The molecule has 0 fully saturated rings. The van der Waals surface area contributed by atoms with Crippen molar-refractivity contribution in [2.45, 2.75) is 24.8 Å². The number of hydrogen-bond acceptors (Lipinski definition) is 3. The predicted octanol–water partition coefficient (Wildman–Crippen LogP) is 2.40. The van der Waals surface area contributed by atoms with Crippen LogP contribution in [0.4, 0.5) is 0 Å². The van der Waals surface area contributed by atoms with E-state index in [1.807, 2.05) is 6.92 Å². The summed E-state index contributed by atoms with van der Waals surface area (Å²) in [7, 11) is -1.84. The van der Waals surface area contributed by atoms with Gasteiger partial charge >= 0.3 is 0 Å². The van der Waals surface area contributed by atoms with Crippen LogP contribution in [0, 0.1) is 0 Å². The third-order valence-electron chi connectivity index (χ3n) is 2.34. The molecule has 0 saturated heterocycles. The summed E-state index contributed by atoms with van der Waals surface area (Å²) >= 11 is 12.1. The van der Waals surface area contributed by atoms with Crippen molar-refractivity contribution in [3.05, 3.63) is 27.7 Å². The number of hydrogen-bond donors (Lipinski definition) is 2. The van der Waals surface area contributed by atoms with E-state index in [0.717, 1.165) is 0 Å². The molecule has 0 spiro atoms. The second kappa shape index (κ2) is 6.73. The molecule has 0 aliphatic rings. The van der Waals surface area contributed by atoms with Crippen molar-refractivity contribution >= 4 is 33.2 Å². The van der Waals surface area contributed by atoms with Gasteiger partial charge in [-0.05, 0) is 25.6 Å². The fraction of sp³-hybridized carbons (Fsp3) is 0.455. The van der Waals surface area contributed by atoms with Crippen LogP contribution in [0.3, 0.4) is 0 Å². The Hall–Kier alpha value is -0.330. The zero-order chi connectivity index (χ0) is 13.8. The van der Waals surface area contributed by atoms with E-state index < -0.39 is 10.0 Å². The van der Waals surface area contributed by atoms with Crippen LogP contribution in [0.15, 0.2) is 17.0 Å². The Bertz CT molecular complexity index is 518. The first-order valence-electron chi connectivity index (χ1n) is 5.55. The molecule has 0 saturated carbocycles. The van der Waals surface area contributed by atoms with Gasteiger partial charge in [0.1, 0.15) is 4.90 Å². The average molecular weight is 311 g/mol. The first kappa shape index (κ1) is 15.7. The van der Waals surface area contributed by atoms with Gasteiger partial charge in [0.2, 0.25) is 10.0 Å². The molecule has 0 unspecified atom stereocenters. The number of sulfonamides is 1. The Morgan fingerprint density at radius 2 is 1.94 bits per heavy atom. The van der Waals surface area contributed by atoms with Crippen LogP contribution < -0.4 is 10.0 Å². The minimum absolute atomic E-state index is 0.0623. The van der Waals surface area contributed by atoms with Crippen LogP contribution in [0.5, 0.6) is 0 Å². The second-order valence-corrected chi connectivity index (χ2v) is 6.29. The standard InChI is InChI=1S/C11H16Cl2N2O2S/c1-3-6-15-18(16,17)10-5-4-9(12)8(7-14-2)11(10)13/h4-5,14-15H,3,6-7H2,1-2H3. The van der Waals surface area contributed by atoms with Crippen molar-refractivity contribution in [3.8, 4) is 0 Å². The highest BCUT2D eigenvalue weighted by molar-refractivity contribution is 7.89. The third-order valence-corrected chi connectivity index (χ3v) is 4.74. The lowest BCUT2D eigenvalue weighted by molar-refractivity contribution is 0.580. The Balaban J connectivity index is 3.22. The predicted molar refractivity (Wildman–Crippen MR) is 74.7 cm³/mol. The summed E-state index contributed by atoms with van der Waals surface area (Å²) in [5, 5.41) is 3.52. The number of nitrogens with one attached hydrogen (secondary N) is 2.